The molecule has 0 aliphatic carbocycles. The number of hydrogen-bond donors (Lipinski definition) is 0. The lowest BCUT2D eigenvalue weighted by molar-refractivity contribution is -0.131. The van der Waals surface area contributed by atoms with Gasteiger partial charge >= 0.3 is 0 Å². The molecule has 0 bridgehead atoms. The zero-order chi connectivity index (χ0) is 26.0. The average Bonchev–Trinajstić information content (AvgIpc) is 2.86. The van der Waals surface area contributed by atoms with E-state index in [2.05, 4.69) is 4.98 Å². The van der Waals surface area contributed by atoms with Crippen molar-refractivity contribution in [2.45, 2.75) is 26.4 Å². The van der Waals surface area contributed by atoms with Gasteiger partial charge in [0.15, 0.2) is 0 Å². The van der Waals surface area contributed by atoms with Gasteiger partial charge in [-0.1, -0.05) is 23.7 Å². The highest BCUT2D eigenvalue weighted by Gasteiger charge is 2.19. The third-order valence-electron chi connectivity index (χ3n) is 6.21. The number of rotatable bonds is 5. The van der Waals surface area contributed by atoms with E-state index in [1.165, 1.54) is 24.2 Å². The standard InChI is InChI=1S/C26H23ClFN5O3/c1-16(34)32-7-5-18(6-8-32)20-10-21-25(23(28)11-20)30-15-33(26(21)36)14-24(35)31(2)13-17-3-4-19(12-29)22(27)9-17/h3-5,9-11,15H,6-8,13-14H2,1-2H3. The molecule has 0 atom stereocenters. The molecule has 1 aliphatic rings. The first-order valence-corrected chi connectivity index (χ1v) is 11.6. The van der Waals surface area contributed by atoms with Gasteiger partial charge in [-0.2, -0.15) is 5.26 Å². The summed E-state index contributed by atoms with van der Waals surface area (Å²) in [5, 5.41) is 9.38. The summed E-state index contributed by atoms with van der Waals surface area (Å²) in [5.74, 6) is -1.00. The summed E-state index contributed by atoms with van der Waals surface area (Å²) in [5.41, 5.74) is 1.89. The fourth-order valence-corrected chi connectivity index (χ4v) is 4.36. The molecule has 36 heavy (non-hydrogen) atoms. The molecule has 3 aromatic rings. The van der Waals surface area contributed by atoms with Crippen LogP contribution in [0, 0.1) is 17.1 Å². The van der Waals surface area contributed by atoms with Crippen LogP contribution < -0.4 is 5.56 Å². The molecular formula is C26H23ClFN5O3. The summed E-state index contributed by atoms with van der Waals surface area (Å²) >= 11 is 6.07. The van der Waals surface area contributed by atoms with Gasteiger partial charge in [0, 0.05) is 33.6 Å². The summed E-state index contributed by atoms with van der Waals surface area (Å²) in [6, 6.07) is 9.82. The molecule has 1 aromatic heterocycles. The molecule has 0 unspecified atom stereocenters. The molecule has 0 N–H and O–H groups in total. The van der Waals surface area contributed by atoms with Crippen molar-refractivity contribution < 1.29 is 14.0 Å². The van der Waals surface area contributed by atoms with Gasteiger partial charge in [0.05, 0.1) is 22.3 Å². The van der Waals surface area contributed by atoms with E-state index in [0.29, 0.717) is 35.7 Å². The Morgan fingerprint density at radius 1 is 1.28 bits per heavy atom. The molecule has 2 aromatic carbocycles. The Hall–Kier alpha value is -4.03. The first kappa shape index (κ1) is 25.1. The van der Waals surface area contributed by atoms with Crippen LogP contribution in [0.15, 0.2) is 47.5 Å². The third kappa shape index (κ3) is 5.14. The van der Waals surface area contributed by atoms with Crippen molar-refractivity contribution in [1.29, 1.82) is 5.26 Å². The summed E-state index contributed by atoms with van der Waals surface area (Å²) < 4.78 is 16.0. The van der Waals surface area contributed by atoms with Crippen LogP contribution in [0.1, 0.15) is 30.0 Å². The first-order chi connectivity index (χ1) is 17.2. The van der Waals surface area contributed by atoms with E-state index in [9.17, 15) is 18.8 Å². The Kier molecular flexibility index (Phi) is 7.17. The van der Waals surface area contributed by atoms with E-state index < -0.39 is 11.4 Å². The van der Waals surface area contributed by atoms with Crippen molar-refractivity contribution in [3.05, 3.63) is 80.6 Å². The largest absolute Gasteiger partial charge is 0.340 e. The van der Waals surface area contributed by atoms with Crippen molar-refractivity contribution in [1.82, 2.24) is 19.4 Å². The minimum atomic E-state index is -0.622. The van der Waals surface area contributed by atoms with Gasteiger partial charge in [0.1, 0.15) is 23.9 Å². The van der Waals surface area contributed by atoms with Crippen LogP contribution in [-0.4, -0.2) is 51.3 Å². The minimum absolute atomic E-state index is 0.0287. The second-order valence-corrected chi connectivity index (χ2v) is 9.06. The van der Waals surface area contributed by atoms with Crippen molar-refractivity contribution in [2.75, 3.05) is 20.1 Å². The van der Waals surface area contributed by atoms with E-state index in [1.807, 2.05) is 12.1 Å². The third-order valence-corrected chi connectivity index (χ3v) is 6.52. The predicted molar refractivity (Wildman–Crippen MR) is 133 cm³/mol. The van der Waals surface area contributed by atoms with E-state index in [0.717, 1.165) is 15.7 Å². The van der Waals surface area contributed by atoms with Gasteiger partial charge in [-0.05, 0) is 47.4 Å². The van der Waals surface area contributed by atoms with Gasteiger partial charge in [0.25, 0.3) is 5.56 Å². The number of carbonyl (C=O) groups is 2. The van der Waals surface area contributed by atoms with Crippen LogP contribution >= 0.6 is 11.6 Å². The highest BCUT2D eigenvalue weighted by Crippen LogP contribution is 2.26. The van der Waals surface area contributed by atoms with Crippen LogP contribution in [0.5, 0.6) is 0 Å². The lowest BCUT2D eigenvalue weighted by Gasteiger charge is -2.25. The Bertz CT molecular complexity index is 1510. The SMILES string of the molecule is CC(=O)N1CC=C(c2cc(F)c3ncn(CC(=O)N(C)Cc4ccc(C#N)c(Cl)c4)c(=O)c3c2)CC1. The van der Waals surface area contributed by atoms with Gasteiger partial charge in [-0.3, -0.25) is 19.0 Å². The van der Waals surface area contributed by atoms with Crippen molar-refractivity contribution in [3.63, 3.8) is 0 Å². The molecule has 0 radical (unpaired) electrons. The van der Waals surface area contributed by atoms with E-state index >= 15 is 0 Å². The normalized spacial score (nSPS) is 13.3. The van der Waals surface area contributed by atoms with Crippen LogP contribution in [-0.2, 0) is 22.7 Å². The molecule has 0 fully saturated rings. The Morgan fingerprint density at radius 3 is 2.69 bits per heavy atom. The summed E-state index contributed by atoms with van der Waals surface area (Å²) in [7, 11) is 1.59. The molecule has 2 heterocycles. The van der Waals surface area contributed by atoms with Gasteiger partial charge in [-0.15, -0.1) is 0 Å². The fraction of sp³-hybridized carbons (Fsp3) is 0.269. The van der Waals surface area contributed by atoms with Crippen LogP contribution in [0.3, 0.4) is 0 Å². The molecule has 4 rings (SSSR count). The summed E-state index contributed by atoms with van der Waals surface area (Å²) in [4.78, 5) is 44.7. The van der Waals surface area contributed by atoms with Crippen LogP contribution in [0.25, 0.3) is 16.5 Å². The van der Waals surface area contributed by atoms with Crippen LogP contribution in [0.4, 0.5) is 4.39 Å². The Morgan fingerprint density at radius 2 is 2.06 bits per heavy atom. The average molecular weight is 508 g/mol. The molecule has 8 nitrogen and oxygen atoms in total. The van der Waals surface area contributed by atoms with Crippen molar-refractivity contribution >= 4 is 39.9 Å². The number of benzene rings is 2. The number of likely N-dealkylation sites (N-methyl/N-ethyl adjacent to an activating group) is 1. The Labute approximate surface area is 211 Å². The second kappa shape index (κ2) is 10.3. The molecule has 184 valence electrons. The van der Waals surface area contributed by atoms with E-state index in [4.69, 9.17) is 16.9 Å². The monoisotopic (exact) mass is 507 g/mol. The number of fused-ring (bicyclic) bond motifs is 1. The molecule has 10 heteroatoms. The lowest BCUT2D eigenvalue weighted by atomic mass is 9.98. The maximum absolute atomic E-state index is 14.8. The second-order valence-electron chi connectivity index (χ2n) is 8.65. The predicted octanol–water partition coefficient (Wildman–Crippen LogP) is 3.35. The number of halogens is 2. The summed E-state index contributed by atoms with van der Waals surface area (Å²) in [6.07, 6.45) is 3.57. The smallest absolute Gasteiger partial charge is 0.261 e. The number of amides is 2. The molecule has 0 spiro atoms. The van der Waals surface area contributed by atoms with E-state index in [1.54, 1.807) is 36.2 Å². The lowest BCUT2D eigenvalue weighted by Crippen LogP contribution is -2.34. The molecular weight excluding hydrogens is 485 g/mol. The fourth-order valence-electron chi connectivity index (χ4n) is 4.12. The van der Waals surface area contributed by atoms with Gasteiger partial charge in [0.2, 0.25) is 11.8 Å². The van der Waals surface area contributed by atoms with Crippen molar-refractivity contribution in [3.8, 4) is 6.07 Å². The van der Waals surface area contributed by atoms with Gasteiger partial charge in [-0.25, -0.2) is 9.37 Å². The number of carbonyl (C=O) groups excluding carboxylic acids is 2. The molecule has 2 amide bonds. The van der Waals surface area contributed by atoms with Crippen molar-refractivity contribution in [2.24, 2.45) is 0 Å². The minimum Gasteiger partial charge on any atom is -0.340 e. The first-order valence-electron chi connectivity index (χ1n) is 11.2. The molecule has 0 saturated heterocycles. The number of nitriles is 1. The van der Waals surface area contributed by atoms with Crippen LogP contribution in [0.2, 0.25) is 5.02 Å². The maximum Gasteiger partial charge on any atom is 0.261 e. The Balaban J connectivity index is 1.56. The molecule has 0 saturated carbocycles. The quantitative estimate of drug-likeness (QED) is 0.527. The number of nitrogens with zero attached hydrogens (tertiary/aromatic N) is 5. The summed E-state index contributed by atoms with van der Waals surface area (Å²) in [6.45, 7) is 2.39. The maximum atomic E-state index is 14.8. The molecule has 1 aliphatic heterocycles. The van der Waals surface area contributed by atoms with Gasteiger partial charge < -0.3 is 9.80 Å². The number of hydrogen-bond acceptors (Lipinski definition) is 5. The topological polar surface area (TPSA) is 99.3 Å². The highest BCUT2D eigenvalue weighted by atomic mass is 35.5. The van der Waals surface area contributed by atoms with E-state index in [-0.39, 0.29) is 35.8 Å². The zero-order valence-corrected chi connectivity index (χ0v) is 20.5. The number of aromatic nitrogens is 2. The highest BCUT2D eigenvalue weighted by molar-refractivity contribution is 6.31. The zero-order valence-electron chi connectivity index (χ0n) is 19.8.